The van der Waals surface area contributed by atoms with E-state index in [1.54, 1.807) is 0 Å². The van der Waals surface area contributed by atoms with E-state index in [4.69, 9.17) is 0 Å². The second-order valence-corrected chi connectivity index (χ2v) is 7.76. The zero-order chi connectivity index (χ0) is 17.9. The van der Waals surface area contributed by atoms with E-state index in [-0.39, 0.29) is 24.0 Å². The molecule has 1 saturated heterocycles. The first-order valence-corrected chi connectivity index (χ1v) is 10.5. The number of rotatable bonds is 9. The van der Waals surface area contributed by atoms with Gasteiger partial charge in [-0.3, -0.25) is 4.99 Å². The number of hydrogen-bond donors (Lipinski definition) is 2. The molecule has 1 unspecified atom stereocenters. The molecule has 1 aromatic rings. The average Bonchev–Trinajstić information content (AvgIpc) is 3.19. The van der Waals surface area contributed by atoms with Gasteiger partial charge in [-0.1, -0.05) is 19.9 Å². The summed E-state index contributed by atoms with van der Waals surface area (Å²) >= 11 is 1.82. The molecule has 1 fully saturated rings. The minimum atomic E-state index is 0. The van der Waals surface area contributed by atoms with Gasteiger partial charge in [0, 0.05) is 57.1 Å². The molecule has 150 valence electrons. The maximum atomic E-state index is 4.33. The Morgan fingerprint density at radius 1 is 1.19 bits per heavy atom. The minimum absolute atomic E-state index is 0. The molecule has 2 rings (SSSR count). The largest absolute Gasteiger partial charge is 0.356 e. The van der Waals surface area contributed by atoms with Crippen LogP contribution in [0.15, 0.2) is 22.5 Å². The van der Waals surface area contributed by atoms with Gasteiger partial charge in [-0.15, -0.1) is 35.3 Å². The van der Waals surface area contributed by atoms with Gasteiger partial charge in [-0.25, -0.2) is 0 Å². The fourth-order valence-corrected chi connectivity index (χ4v) is 3.93. The normalized spacial score (nSPS) is 17.6. The zero-order valence-electron chi connectivity index (χ0n) is 16.5. The quantitative estimate of drug-likeness (QED) is 0.240. The molecular weight excluding hydrogens is 457 g/mol. The predicted molar refractivity (Wildman–Crippen MR) is 125 cm³/mol. The van der Waals surface area contributed by atoms with Gasteiger partial charge in [-0.05, 0) is 37.4 Å². The SMILES string of the molecule is CCN1CCN(CCCCNC(=NC)NCC(C)c2cccs2)CC1.I. The minimum Gasteiger partial charge on any atom is -0.356 e. The molecule has 0 saturated carbocycles. The first-order chi connectivity index (χ1) is 12.2. The van der Waals surface area contributed by atoms with Crippen molar-refractivity contribution in [2.45, 2.75) is 32.6 Å². The monoisotopic (exact) mass is 493 g/mol. The van der Waals surface area contributed by atoms with Gasteiger partial charge in [0.05, 0.1) is 0 Å². The van der Waals surface area contributed by atoms with Crippen LogP contribution in [0.5, 0.6) is 0 Å². The highest BCUT2D eigenvalue weighted by Crippen LogP contribution is 2.19. The van der Waals surface area contributed by atoms with Crippen LogP contribution >= 0.6 is 35.3 Å². The number of guanidine groups is 1. The summed E-state index contributed by atoms with van der Waals surface area (Å²) < 4.78 is 0. The maximum absolute atomic E-state index is 4.33. The van der Waals surface area contributed by atoms with Crippen LogP contribution in [0.3, 0.4) is 0 Å². The highest BCUT2D eigenvalue weighted by molar-refractivity contribution is 14.0. The zero-order valence-corrected chi connectivity index (χ0v) is 19.7. The predicted octanol–water partition coefficient (Wildman–Crippen LogP) is 3.05. The van der Waals surface area contributed by atoms with Crippen molar-refractivity contribution >= 4 is 41.3 Å². The third-order valence-electron chi connectivity index (χ3n) is 4.93. The van der Waals surface area contributed by atoms with E-state index in [1.165, 1.54) is 57.0 Å². The lowest BCUT2D eigenvalue weighted by Gasteiger charge is -2.34. The summed E-state index contributed by atoms with van der Waals surface area (Å²) in [6.07, 6.45) is 2.44. The van der Waals surface area contributed by atoms with Crippen LogP contribution in [-0.2, 0) is 0 Å². The van der Waals surface area contributed by atoms with Gasteiger partial charge in [0.2, 0.25) is 0 Å². The molecule has 0 aromatic carbocycles. The van der Waals surface area contributed by atoms with Crippen molar-refractivity contribution in [2.75, 3.05) is 59.4 Å². The van der Waals surface area contributed by atoms with Crippen molar-refractivity contribution in [3.05, 3.63) is 22.4 Å². The van der Waals surface area contributed by atoms with Crippen LogP contribution in [0.2, 0.25) is 0 Å². The third kappa shape index (κ3) is 8.54. The number of unbranched alkanes of at least 4 members (excludes halogenated alkanes) is 1. The summed E-state index contributed by atoms with van der Waals surface area (Å²) in [5.74, 6) is 1.43. The van der Waals surface area contributed by atoms with E-state index >= 15 is 0 Å². The molecular formula is C19H36IN5S. The highest BCUT2D eigenvalue weighted by Gasteiger charge is 2.14. The maximum Gasteiger partial charge on any atom is 0.190 e. The van der Waals surface area contributed by atoms with E-state index in [1.807, 2.05) is 18.4 Å². The van der Waals surface area contributed by atoms with Crippen molar-refractivity contribution < 1.29 is 0 Å². The number of aliphatic imine (C=N–C) groups is 1. The second kappa shape index (κ2) is 13.7. The van der Waals surface area contributed by atoms with Crippen molar-refractivity contribution in [2.24, 2.45) is 4.99 Å². The fourth-order valence-electron chi connectivity index (χ4n) is 3.14. The molecule has 2 heterocycles. The smallest absolute Gasteiger partial charge is 0.190 e. The Kier molecular flexibility index (Phi) is 12.5. The number of hydrogen-bond acceptors (Lipinski definition) is 4. The standard InChI is InChI=1S/C19H35N5S.HI/c1-4-23-11-13-24(14-12-23)10-6-5-9-21-19(20-3)22-16-17(2)18-8-7-15-25-18;/h7-8,15,17H,4-6,9-14,16H2,1-3H3,(H2,20,21,22);1H. The number of likely N-dealkylation sites (N-methyl/N-ethyl adjacent to an activating group) is 1. The summed E-state index contributed by atoms with van der Waals surface area (Å²) in [7, 11) is 1.85. The molecule has 1 aromatic heterocycles. The van der Waals surface area contributed by atoms with Crippen LogP contribution < -0.4 is 10.6 Å². The van der Waals surface area contributed by atoms with E-state index < -0.39 is 0 Å². The van der Waals surface area contributed by atoms with E-state index in [0.717, 1.165) is 19.0 Å². The van der Waals surface area contributed by atoms with E-state index in [9.17, 15) is 0 Å². The molecule has 0 radical (unpaired) electrons. The van der Waals surface area contributed by atoms with Crippen LogP contribution in [0.1, 0.15) is 37.5 Å². The Bertz CT molecular complexity index is 486. The average molecular weight is 494 g/mol. The molecule has 1 aliphatic heterocycles. The molecule has 1 aliphatic rings. The number of nitrogens with zero attached hydrogens (tertiary/aromatic N) is 3. The van der Waals surface area contributed by atoms with Gasteiger partial charge in [0.15, 0.2) is 5.96 Å². The Morgan fingerprint density at radius 3 is 2.54 bits per heavy atom. The van der Waals surface area contributed by atoms with Crippen molar-refractivity contribution in [3.63, 3.8) is 0 Å². The Labute approximate surface area is 180 Å². The number of thiophene rings is 1. The highest BCUT2D eigenvalue weighted by atomic mass is 127. The molecule has 1 atom stereocenters. The number of halogens is 1. The molecule has 0 spiro atoms. The summed E-state index contributed by atoms with van der Waals surface area (Å²) in [6.45, 7) is 13.7. The van der Waals surface area contributed by atoms with Crippen LogP contribution in [0.25, 0.3) is 0 Å². The van der Waals surface area contributed by atoms with Crippen molar-refractivity contribution in [3.8, 4) is 0 Å². The van der Waals surface area contributed by atoms with Crippen molar-refractivity contribution in [1.82, 2.24) is 20.4 Å². The lowest BCUT2D eigenvalue weighted by atomic mass is 10.1. The summed E-state index contributed by atoms with van der Waals surface area (Å²) in [5.41, 5.74) is 0. The number of nitrogens with one attached hydrogen (secondary N) is 2. The van der Waals surface area contributed by atoms with E-state index in [0.29, 0.717) is 5.92 Å². The first-order valence-electron chi connectivity index (χ1n) is 9.65. The van der Waals surface area contributed by atoms with Crippen LogP contribution in [0.4, 0.5) is 0 Å². The summed E-state index contributed by atoms with van der Waals surface area (Å²) in [4.78, 5) is 10.9. The van der Waals surface area contributed by atoms with Gasteiger partial charge >= 0.3 is 0 Å². The van der Waals surface area contributed by atoms with Crippen LogP contribution in [0, 0.1) is 0 Å². The lowest BCUT2D eigenvalue weighted by molar-refractivity contribution is 0.136. The molecule has 5 nitrogen and oxygen atoms in total. The number of piperazine rings is 1. The molecule has 26 heavy (non-hydrogen) atoms. The molecule has 7 heteroatoms. The van der Waals surface area contributed by atoms with Gasteiger partial charge < -0.3 is 20.4 Å². The first kappa shape index (κ1) is 23.7. The van der Waals surface area contributed by atoms with E-state index in [2.05, 4.69) is 56.8 Å². The summed E-state index contributed by atoms with van der Waals surface area (Å²) in [5, 5.41) is 9.02. The second-order valence-electron chi connectivity index (χ2n) is 6.78. The molecule has 0 aliphatic carbocycles. The van der Waals surface area contributed by atoms with Gasteiger partial charge in [-0.2, -0.15) is 0 Å². The third-order valence-corrected chi connectivity index (χ3v) is 6.04. The van der Waals surface area contributed by atoms with Gasteiger partial charge in [0.25, 0.3) is 0 Å². The summed E-state index contributed by atoms with van der Waals surface area (Å²) in [6, 6.07) is 4.32. The van der Waals surface area contributed by atoms with Crippen LogP contribution in [-0.4, -0.2) is 75.2 Å². The lowest BCUT2D eigenvalue weighted by Crippen LogP contribution is -2.46. The van der Waals surface area contributed by atoms with Gasteiger partial charge in [0.1, 0.15) is 0 Å². The Morgan fingerprint density at radius 2 is 1.92 bits per heavy atom. The topological polar surface area (TPSA) is 42.9 Å². The molecule has 0 bridgehead atoms. The Hall–Kier alpha value is -0.380. The Balaban J connectivity index is 0.00000338. The van der Waals surface area contributed by atoms with Crippen molar-refractivity contribution in [1.29, 1.82) is 0 Å². The fraction of sp³-hybridized carbons (Fsp3) is 0.737. The molecule has 0 amide bonds. The molecule has 2 N–H and O–H groups in total.